The third-order valence-corrected chi connectivity index (χ3v) is 3.58. The molecule has 0 aliphatic heterocycles. The van der Waals surface area contributed by atoms with Crippen molar-refractivity contribution >= 4 is 32.6 Å². The van der Waals surface area contributed by atoms with E-state index >= 15 is 0 Å². The van der Waals surface area contributed by atoms with E-state index in [1.165, 1.54) is 17.1 Å². The van der Waals surface area contributed by atoms with Crippen LogP contribution in [0.25, 0.3) is 0 Å². The zero-order valence-electron chi connectivity index (χ0n) is 10.5. The molecular weight excluding hydrogens is 310 g/mol. The number of halogens is 1. The van der Waals surface area contributed by atoms with Gasteiger partial charge in [-0.05, 0) is 23.6 Å². The summed E-state index contributed by atoms with van der Waals surface area (Å²) in [6, 6.07) is 8.24. The molecule has 0 saturated heterocycles. The van der Waals surface area contributed by atoms with Gasteiger partial charge in [0.05, 0.1) is 0 Å². The smallest absolute Gasteiger partial charge is 0.202 e. The van der Waals surface area contributed by atoms with Crippen LogP contribution < -0.4 is 5.32 Å². The third-order valence-electron chi connectivity index (χ3n) is 2.38. The molecule has 18 heavy (non-hydrogen) atoms. The first kappa shape index (κ1) is 13.5. The van der Waals surface area contributed by atoms with Crippen molar-refractivity contribution < 1.29 is 0 Å². The Labute approximate surface area is 120 Å². The van der Waals surface area contributed by atoms with Crippen molar-refractivity contribution in [3.8, 4) is 0 Å². The molecule has 3 nitrogen and oxygen atoms in total. The summed E-state index contributed by atoms with van der Waals surface area (Å²) in [6.45, 7) is 5.29. The SMILES string of the molecule is CC(C)CNc1nc(Cc2cccc(Br)c2)ns1. The van der Waals surface area contributed by atoms with Crippen LogP contribution in [0.5, 0.6) is 0 Å². The number of aromatic nitrogens is 2. The predicted octanol–water partition coefficient (Wildman–Crippen LogP) is 3.96. The lowest BCUT2D eigenvalue weighted by atomic mass is 10.1. The summed E-state index contributed by atoms with van der Waals surface area (Å²) in [4.78, 5) is 4.49. The second-order valence-electron chi connectivity index (χ2n) is 4.60. The van der Waals surface area contributed by atoms with Crippen LogP contribution in [0, 0.1) is 5.92 Å². The van der Waals surface area contributed by atoms with Crippen molar-refractivity contribution in [1.29, 1.82) is 0 Å². The average Bonchev–Trinajstić information content (AvgIpc) is 2.74. The Balaban J connectivity index is 1.98. The quantitative estimate of drug-likeness (QED) is 0.904. The molecule has 96 valence electrons. The lowest BCUT2D eigenvalue weighted by Crippen LogP contribution is -2.07. The van der Waals surface area contributed by atoms with E-state index in [1.807, 2.05) is 12.1 Å². The van der Waals surface area contributed by atoms with E-state index in [2.05, 4.69) is 56.6 Å². The van der Waals surface area contributed by atoms with E-state index in [9.17, 15) is 0 Å². The van der Waals surface area contributed by atoms with E-state index < -0.39 is 0 Å². The summed E-state index contributed by atoms with van der Waals surface area (Å²) >= 11 is 4.90. The second-order valence-corrected chi connectivity index (χ2v) is 6.26. The van der Waals surface area contributed by atoms with Gasteiger partial charge in [-0.25, -0.2) is 4.98 Å². The number of nitrogens with zero attached hydrogens (tertiary/aromatic N) is 2. The van der Waals surface area contributed by atoms with Gasteiger partial charge < -0.3 is 5.32 Å². The molecule has 2 aromatic rings. The Morgan fingerprint density at radius 2 is 2.22 bits per heavy atom. The first-order chi connectivity index (χ1) is 8.63. The second kappa shape index (κ2) is 6.29. The molecule has 0 aliphatic rings. The zero-order chi connectivity index (χ0) is 13.0. The molecule has 1 aromatic heterocycles. The van der Waals surface area contributed by atoms with Crippen LogP contribution in [0.2, 0.25) is 0 Å². The summed E-state index contributed by atoms with van der Waals surface area (Å²) in [7, 11) is 0. The van der Waals surface area contributed by atoms with E-state index in [-0.39, 0.29) is 0 Å². The topological polar surface area (TPSA) is 37.8 Å². The molecule has 0 bridgehead atoms. The minimum Gasteiger partial charge on any atom is -0.360 e. The maximum Gasteiger partial charge on any atom is 0.202 e. The summed E-state index contributed by atoms with van der Waals surface area (Å²) in [5.74, 6) is 1.49. The molecule has 0 unspecified atom stereocenters. The Morgan fingerprint density at radius 1 is 1.39 bits per heavy atom. The van der Waals surface area contributed by atoms with Crippen molar-refractivity contribution in [2.24, 2.45) is 5.92 Å². The van der Waals surface area contributed by atoms with Crippen LogP contribution in [0.15, 0.2) is 28.7 Å². The third kappa shape index (κ3) is 4.07. The normalized spacial score (nSPS) is 10.9. The summed E-state index contributed by atoms with van der Waals surface area (Å²) < 4.78 is 5.46. The number of hydrogen-bond acceptors (Lipinski definition) is 4. The van der Waals surface area contributed by atoms with E-state index in [0.29, 0.717) is 5.92 Å². The first-order valence-electron chi connectivity index (χ1n) is 5.94. The molecule has 0 amide bonds. The lowest BCUT2D eigenvalue weighted by molar-refractivity contribution is 0.688. The van der Waals surface area contributed by atoms with Crippen LogP contribution in [0.1, 0.15) is 25.2 Å². The fourth-order valence-corrected chi connectivity index (χ4v) is 2.56. The molecule has 0 saturated carbocycles. The van der Waals surface area contributed by atoms with Crippen molar-refractivity contribution in [3.63, 3.8) is 0 Å². The maximum absolute atomic E-state index is 4.49. The monoisotopic (exact) mass is 325 g/mol. The van der Waals surface area contributed by atoms with Gasteiger partial charge in [-0.1, -0.05) is 41.9 Å². The minimum atomic E-state index is 0.613. The van der Waals surface area contributed by atoms with Crippen molar-refractivity contribution in [1.82, 2.24) is 9.36 Å². The highest BCUT2D eigenvalue weighted by molar-refractivity contribution is 9.10. The molecule has 5 heteroatoms. The number of rotatable bonds is 5. The number of nitrogens with one attached hydrogen (secondary N) is 1. The van der Waals surface area contributed by atoms with Crippen molar-refractivity contribution in [2.75, 3.05) is 11.9 Å². The number of benzene rings is 1. The highest BCUT2D eigenvalue weighted by Gasteiger charge is 2.05. The van der Waals surface area contributed by atoms with Crippen molar-refractivity contribution in [2.45, 2.75) is 20.3 Å². The van der Waals surface area contributed by atoms with Gasteiger partial charge in [0.15, 0.2) is 0 Å². The van der Waals surface area contributed by atoms with E-state index in [1.54, 1.807) is 0 Å². The van der Waals surface area contributed by atoms with Gasteiger partial charge in [0, 0.05) is 29.0 Å². The first-order valence-corrected chi connectivity index (χ1v) is 7.51. The predicted molar refractivity (Wildman–Crippen MR) is 80.2 cm³/mol. The van der Waals surface area contributed by atoms with Crippen LogP contribution >= 0.6 is 27.5 Å². The van der Waals surface area contributed by atoms with Crippen LogP contribution in [0.3, 0.4) is 0 Å². The summed E-state index contributed by atoms with van der Waals surface area (Å²) in [6.07, 6.45) is 0.777. The summed E-state index contributed by atoms with van der Waals surface area (Å²) in [5, 5.41) is 4.21. The Morgan fingerprint density at radius 3 is 2.94 bits per heavy atom. The zero-order valence-corrected chi connectivity index (χ0v) is 12.9. The van der Waals surface area contributed by atoms with Crippen molar-refractivity contribution in [3.05, 3.63) is 40.1 Å². The molecular formula is C13H16BrN3S. The summed E-state index contributed by atoms with van der Waals surface area (Å²) in [5.41, 5.74) is 1.22. The molecule has 1 aromatic carbocycles. The van der Waals surface area contributed by atoms with Gasteiger partial charge in [0.25, 0.3) is 0 Å². The van der Waals surface area contributed by atoms with Gasteiger partial charge in [0.1, 0.15) is 5.82 Å². The highest BCUT2D eigenvalue weighted by Crippen LogP contribution is 2.17. The van der Waals surface area contributed by atoms with E-state index in [0.717, 1.165) is 28.4 Å². The molecule has 0 atom stereocenters. The molecule has 0 radical (unpaired) electrons. The highest BCUT2D eigenvalue weighted by atomic mass is 79.9. The Bertz CT molecular complexity index is 510. The number of hydrogen-bond donors (Lipinski definition) is 1. The van der Waals surface area contributed by atoms with Gasteiger partial charge >= 0.3 is 0 Å². The maximum atomic E-state index is 4.49. The molecule has 0 aliphatic carbocycles. The minimum absolute atomic E-state index is 0.613. The fourth-order valence-electron chi connectivity index (χ4n) is 1.52. The lowest BCUT2D eigenvalue weighted by Gasteiger charge is -2.03. The van der Waals surface area contributed by atoms with Crippen LogP contribution in [-0.2, 0) is 6.42 Å². The van der Waals surface area contributed by atoms with Gasteiger partial charge in [-0.3, -0.25) is 0 Å². The Hall–Kier alpha value is -0.940. The Kier molecular flexibility index (Phi) is 4.72. The van der Waals surface area contributed by atoms with E-state index in [4.69, 9.17) is 0 Å². The fraction of sp³-hybridized carbons (Fsp3) is 0.385. The van der Waals surface area contributed by atoms with Gasteiger partial charge in [-0.2, -0.15) is 4.37 Å². The van der Waals surface area contributed by atoms with Crippen LogP contribution in [-0.4, -0.2) is 15.9 Å². The van der Waals surface area contributed by atoms with Gasteiger partial charge in [-0.15, -0.1) is 0 Å². The average molecular weight is 326 g/mol. The molecule has 2 rings (SSSR count). The van der Waals surface area contributed by atoms with Crippen LogP contribution in [0.4, 0.5) is 5.13 Å². The number of anilines is 1. The molecule has 1 heterocycles. The molecule has 1 N–H and O–H groups in total. The molecule has 0 spiro atoms. The molecule has 0 fully saturated rings. The largest absolute Gasteiger partial charge is 0.360 e. The standard InChI is InChI=1S/C13H16BrN3S/c1-9(2)8-15-13-16-12(17-18-13)7-10-4-3-5-11(14)6-10/h3-6,9H,7-8H2,1-2H3,(H,15,16,17). The van der Waals surface area contributed by atoms with Gasteiger partial charge in [0.2, 0.25) is 5.13 Å².